The monoisotopic (exact) mass is 464 g/mol. The molecule has 0 saturated heterocycles. The van der Waals surface area contributed by atoms with Crippen molar-refractivity contribution in [3.8, 4) is 0 Å². The maximum atomic E-state index is 5.01. The fraction of sp³-hybridized carbons (Fsp3) is 0.0588. The summed E-state index contributed by atoms with van der Waals surface area (Å²) in [7, 11) is 0. The van der Waals surface area contributed by atoms with Gasteiger partial charge in [0.05, 0.1) is 24.5 Å². The first-order chi connectivity index (χ1) is 17.9. The normalized spacial score (nSPS) is 10.4. The van der Waals surface area contributed by atoms with Gasteiger partial charge in [-0.05, 0) is 11.1 Å². The zero-order valence-electron chi connectivity index (χ0n) is 20.2. The molecular formula is C34H28N2. The van der Waals surface area contributed by atoms with Gasteiger partial charge in [-0.1, -0.05) is 146 Å². The minimum atomic E-state index is 0.627. The fourth-order valence-electron chi connectivity index (χ4n) is 4.17. The van der Waals surface area contributed by atoms with Gasteiger partial charge in [0.15, 0.2) is 0 Å². The fourth-order valence-corrected chi connectivity index (χ4v) is 4.17. The Labute approximate surface area is 213 Å². The molecule has 0 heterocycles. The number of nitrogens with zero attached hydrogens (tertiary/aromatic N) is 2. The SMILES string of the molecule is c1ccc(C(=NCc2ccc(CN=C(c3ccccc3)c3ccccc3)cc2)c2ccccc2)cc1. The lowest BCUT2D eigenvalue weighted by molar-refractivity contribution is 1.04. The smallest absolute Gasteiger partial charge is 0.0723 e. The summed E-state index contributed by atoms with van der Waals surface area (Å²) in [6, 6.07) is 50.2. The molecule has 0 bridgehead atoms. The predicted octanol–water partition coefficient (Wildman–Crippen LogP) is 7.76. The minimum absolute atomic E-state index is 0.627. The van der Waals surface area contributed by atoms with Crippen LogP contribution in [-0.2, 0) is 13.1 Å². The van der Waals surface area contributed by atoms with Crippen molar-refractivity contribution in [2.75, 3.05) is 0 Å². The first-order valence-electron chi connectivity index (χ1n) is 12.3. The molecule has 0 N–H and O–H groups in total. The summed E-state index contributed by atoms with van der Waals surface area (Å²) in [6.45, 7) is 1.25. The van der Waals surface area contributed by atoms with E-state index in [-0.39, 0.29) is 0 Å². The third kappa shape index (κ3) is 5.92. The molecule has 0 aliphatic rings. The molecule has 5 aromatic carbocycles. The Bertz CT molecular complexity index is 1220. The van der Waals surface area contributed by atoms with Gasteiger partial charge in [0.25, 0.3) is 0 Å². The molecule has 2 nitrogen and oxygen atoms in total. The number of rotatable bonds is 8. The molecule has 0 aliphatic heterocycles. The Balaban J connectivity index is 1.35. The lowest BCUT2D eigenvalue weighted by atomic mass is 10.0. The average Bonchev–Trinajstić information content (AvgIpc) is 2.96. The minimum Gasteiger partial charge on any atom is -0.279 e. The van der Waals surface area contributed by atoms with Crippen molar-refractivity contribution in [1.29, 1.82) is 0 Å². The summed E-state index contributed by atoms with van der Waals surface area (Å²) in [5.74, 6) is 0. The molecule has 5 aromatic rings. The number of hydrogen-bond acceptors (Lipinski definition) is 2. The summed E-state index contributed by atoms with van der Waals surface area (Å²) in [4.78, 5) is 10.0. The zero-order chi connectivity index (χ0) is 24.4. The largest absolute Gasteiger partial charge is 0.279 e. The van der Waals surface area contributed by atoms with Gasteiger partial charge in [-0.15, -0.1) is 0 Å². The number of hydrogen-bond donors (Lipinski definition) is 0. The molecular weight excluding hydrogens is 436 g/mol. The van der Waals surface area contributed by atoms with Gasteiger partial charge in [-0.3, -0.25) is 9.98 Å². The molecule has 174 valence electrons. The van der Waals surface area contributed by atoms with Crippen LogP contribution >= 0.6 is 0 Å². The topological polar surface area (TPSA) is 24.7 Å². The molecule has 0 atom stereocenters. The van der Waals surface area contributed by atoms with Crippen LogP contribution in [0, 0.1) is 0 Å². The van der Waals surface area contributed by atoms with Crippen LogP contribution in [0.25, 0.3) is 0 Å². The molecule has 0 aliphatic carbocycles. The Morgan fingerprint density at radius 2 is 0.583 bits per heavy atom. The van der Waals surface area contributed by atoms with Crippen LogP contribution in [0.3, 0.4) is 0 Å². The van der Waals surface area contributed by atoms with Crippen molar-refractivity contribution < 1.29 is 0 Å². The second kappa shape index (κ2) is 11.7. The van der Waals surface area contributed by atoms with Crippen LogP contribution in [0.15, 0.2) is 156 Å². The van der Waals surface area contributed by atoms with Crippen molar-refractivity contribution >= 4 is 11.4 Å². The molecule has 2 heteroatoms. The highest BCUT2D eigenvalue weighted by atomic mass is 14.7. The molecule has 0 spiro atoms. The summed E-state index contributed by atoms with van der Waals surface area (Å²) < 4.78 is 0. The van der Waals surface area contributed by atoms with Crippen LogP contribution in [0.5, 0.6) is 0 Å². The lowest BCUT2D eigenvalue weighted by Crippen LogP contribution is -2.04. The Kier molecular flexibility index (Phi) is 7.55. The van der Waals surface area contributed by atoms with Crippen molar-refractivity contribution in [2.45, 2.75) is 13.1 Å². The first kappa shape index (κ1) is 23.2. The molecule has 0 aromatic heterocycles. The second-order valence-corrected chi connectivity index (χ2v) is 8.61. The van der Waals surface area contributed by atoms with Crippen molar-refractivity contribution in [3.63, 3.8) is 0 Å². The molecule has 0 unspecified atom stereocenters. The van der Waals surface area contributed by atoms with E-state index >= 15 is 0 Å². The van der Waals surface area contributed by atoms with Gasteiger partial charge >= 0.3 is 0 Å². The standard InChI is InChI=1S/C34H28N2/c1-5-13-29(14-6-1)33(30-15-7-2-8-16-30)35-25-27-21-23-28(24-22-27)26-36-34(31-17-9-3-10-18-31)32-19-11-4-12-20-32/h1-24H,25-26H2. The van der Waals surface area contributed by atoms with Gasteiger partial charge in [0.2, 0.25) is 0 Å². The van der Waals surface area contributed by atoms with Gasteiger partial charge < -0.3 is 0 Å². The van der Waals surface area contributed by atoms with E-state index in [1.165, 1.54) is 11.1 Å². The quantitative estimate of drug-likeness (QED) is 0.210. The Morgan fingerprint density at radius 3 is 0.833 bits per heavy atom. The summed E-state index contributed by atoms with van der Waals surface area (Å²) in [6.07, 6.45) is 0. The average molecular weight is 465 g/mol. The highest BCUT2D eigenvalue weighted by Crippen LogP contribution is 2.15. The van der Waals surface area contributed by atoms with Crippen LogP contribution in [0.2, 0.25) is 0 Å². The second-order valence-electron chi connectivity index (χ2n) is 8.61. The van der Waals surface area contributed by atoms with Crippen LogP contribution in [0.1, 0.15) is 33.4 Å². The van der Waals surface area contributed by atoms with Crippen molar-refractivity contribution in [2.24, 2.45) is 9.98 Å². The van der Waals surface area contributed by atoms with Gasteiger partial charge in [-0.2, -0.15) is 0 Å². The van der Waals surface area contributed by atoms with E-state index in [1.54, 1.807) is 0 Å². The third-order valence-electron chi connectivity index (χ3n) is 6.05. The highest BCUT2D eigenvalue weighted by Gasteiger charge is 2.07. The van der Waals surface area contributed by atoms with E-state index in [0.717, 1.165) is 33.7 Å². The first-order valence-corrected chi connectivity index (χ1v) is 12.3. The summed E-state index contributed by atoms with van der Waals surface area (Å²) >= 11 is 0. The van der Waals surface area contributed by atoms with Gasteiger partial charge in [0, 0.05) is 22.3 Å². The van der Waals surface area contributed by atoms with E-state index in [0.29, 0.717) is 13.1 Å². The Hall–Kier alpha value is -4.56. The van der Waals surface area contributed by atoms with E-state index in [9.17, 15) is 0 Å². The highest BCUT2D eigenvalue weighted by molar-refractivity contribution is 6.13. The third-order valence-corrected chi connectivity index (χ3v) is 6.05. The van der Waals surface area contributed by atoms with Crippen LogP contribution in [0.4, 0.5) is 0 Å². The molecule has 0 fully saturated rings. The van der Waals surface area contributed by atoms with Crippen LogP contribution in [-0.4, -0.2) is 11.4 Å². The molecule has 5 rings (SSSR count). The van der Waals surface area contributed by atoms with Crippen molar-refractivity contribution in [3.05, 3.63) is 179 Å². The predicted molar refractivity (Wildman–Crippen MR) is 151 cm³/mol. The lowest BCUT2D eigenvalue weighted by Gasteiger charge is -2.09. The summed E-state index contributed by atoms with van der Waals surface area (Å²) in [5, 5.41) is 0. The zero-order valence-corrected chi connectivity index (χ0v) is 20.2. The van der Waals surface area contributed by atoms with E-state index in [4.69, 9.17) is 9.98 Å². The molecule has 0 amide bonds. The van der Waals surface area contributed by atoms with Gasteiger partial charge in [0.1, 0.15) is 0 Å². The van der Waals surface area contributed by atoms with E-state index in [2.05, 4.69) is 121 Å². The van der Waals surface area contributed by atoms with E-state index < -0.39 is 0 Å². The molecule has 36 heavy (non-hydrogen) atoms. The maximum Gasteiger partial charge on any atom is 0.0723 e. The maximum absolute atomic E-state index is 5.01. The number of aliphatic imine (C=N–C) groups is 2. The van der Waals surface area contributed by atoms with Gasteiger partial charge in [-0.25, -0.2) is 0 Å². The van der Waals surface area contributed by atoms with Crippen molar-refractivity contribution in [1.82, 2.24) is 0 Å². The Morgan fingerprint density at radius 1 is 0.333 bits per heavy atom. The summed E-state index contributed by atoms with van der Waals surface area (Å²) in [5.41, 5.74) is 8.90. The number of benzene rings is 5. The van der Waals surface area contributed by atoms with Crippen LogP contribution < -0.4 is 0 Å². The molecule has 0 radical (unpaired) electrons. The van der Waals surface area contributed by atoms with E-state index in [1.807, 2.05) is 24.3 Å². The molecule has 0 saturated carbocycles.